The molecule has 0 saturated carbocycles. The predicted octanol–water partition coefficient (Wildman–Crippen LogP) is 3.33. The first-order valence-electron chi connectivity index (χ1n) is 7.42. The third-order valence-electron chi connectivity index (χ3n) is 3.42. The van der Waals surface area contributed by atoms with E-state index in [0.717, 1.165) is 11.8 Å². The quantitative estimate of drug-likeness (QED) is 0.388. The van der Waals surface area contributed by atoms with Crippen LogP contribution in [-0.2, 0) is 7.05 Å². The largest absolute Gasteiger partial charge is 0.311 e. The highest BCUT2D eigenvalue weighted by Crippen LogP contribution is 2.34. The Hall–Kier alpha value is -3.51. The first-order chi connectivity index (χ1) is 12.6. The van der Waals surface area contributed by atoms with E-state index in [1.807, 2.05) is 0 Å². The van der Waals surface area contributed by atoms with E-state index in [-0.39, 0.29) is 5.69 Å². The smallest absolute Gasteiger partial charge is 0.283 e. The van der Waals surface area contributed by atoms with Crippen LogP contribution in [0.3, 0.4) is 0 Å². The van der Waals surface area contributed by atoms with E-state index < -0.39 is 4.92 Å². The van der Waals surface area contributed by atoms with Crippen molar-refractivity contribution in [3.8, 4) is 6.07 Å². The van der Waals surface area contributed by atoms with Crippen molar-refractivity contribution < 1.29 is 4.92 Å². The van der Waals surface area contributed by atoms with Crippen LogP contribution in [0.25, 0.3) is 11.6 Å². The maximum absolute atomic E-state index is 11.5. The summed E-state index contributed by atoms with van der Waals surface area (Å²) in [5.41, 5.74) is 1.31. The maximum atomic E-state index is 11.5. The summed E-state index contributed by atoms with van der Waals surface area (Å²) in [5, 5.41) is 29.1. The number of rotatable bonds is 5. The molecular formula is C17H12N6O2S. The number of aryl methyl sites for hydroxylation is 1. The van der Waals surface area contributed by atoms with Crippen LogP contribution in [0, 0.1) is 21.4 Å². The summed E-state index contributed by atoms with van der Waals surface area (Å²) >= 11 is 1.16. The third-order valence-corrected chi connectivity index (χ3v) is 4.54. The molecule has 26 heavy (non-hydrogen) atoms. The van der Waals surface area contributed by atoms with E-state index in [1.54, 1.807) is 54.2 Å². The molecule has 0 amide bonds. The van der Waals surface area contributed by atoms with Crippen LogP contribution in [0.15, 0.2) is 59.0 Å². The van der Waals surface area contributed by atoms with Gasteiger partial charge in [0.1, 0.15) is 12.4 Å². The van der Waals surface area contributed by atoms with Crippen molar-refractivity contribution in [1.29, 1.82) is 5.26 Å². The highest BCUT2D eigenvalue weighted by atomic mass is 32.2. The first-order valence-corrected chi connectivity index (χ1v) is 8.23. The number of nitro benzene ring substituents is 1. The lowest BCUT2D eigenvalue weighted by Gasteiger charge is -2.04. The van der Waals surface area contributed by atoms with Gasteiger partial charge in [0, 0.05) is 19.3 Å². The van der Waals surface area contributed by atoms with Crippen molar-refractivity contribution in [2.24, 2.45) is 7.05 Å². The Morgan fingerprint density at radius 1 is 1.38 bits per heavy atom. The summed E-state index contributed by atoms with van der Waals surface area (Å²) in [6.45, 7) is 0. The second-order valence-electron chi connectivity index (χ2n) is 5.20. The summed E-state index contributed by atoms with van der Waals surface area (Å²) in [4.78, 5) is 15.6. The lowest BCUT2D eigenvalue weighted by molar-refractivity contribution is -0.387. The lowest BCUT2D eigenvalue weighted by Crippen LogP contribution is -1.94. The van der Waals surface area contributed by atoms with E-state index in [2.05, 4.69) is 21.3 Å². The van der Waals surface area contributed by atoms with Gasteiger partial charge in [0.05, 0.1) is 21.1 Å². The maximum Gasteiger partial charge on any atom is 0.283 e. The van der Waals surface area contributed by atoms with Gasteiger partial charge in [-0.15, -0.1) is 10.2 Å². The van der Waals surface area contributed by atoms with Gasteiger partial charge in [0.15, 0.2) is 5.16 Å². The molecule has 0 unspecified atom stereocenters. The standard InChI is InChI=1S/C17H12N6O2S/c1-22-11-20-21-17(22)26-16-6-5-12(9-15(16)23(24)25)8-13(10-18)14-4-2-3-7-19-14/h2-9,11H,1H3/b13-8+. The minimum atomic E-state index is -0.455. The average molecular weight is 364 g/mol. The zero-order chi connectivity index (χ0) is 18.5. The molecule has 0 radical (unpaired) electrons. The highest BCUT2D eigenvalue weighted by molar-refractivity contribution is 7.99. The van der Waals surface area contributed by atoms with Gasteiger partial charge in [0.2, 0.25) is 0 Å². The molecule has 2 aromatic heterocycles. The second-order valence-corrected chi connectivity index (χ2v) is 6.20. The molecule has 9 heteroatoms. The Bertz CT molecular complexity index is 1020. The highest BCUT2D eigenvalue weighted by Gasteiger charge is 2.17. The molecular weight excluding hydrogens is 352 g/mol. The number of nitro groups is 1. The van der Waals surface area contributed by atoms with E-state index in [1.165, 1.54) is 12.4 Å². The van der Waals surface area contributed by atoms with E-state index >= 15 is 0 Å². The second kappa shape index (κ2) is 7.58. The molecule has 0 fully saturated rings. The monoisotopic (exact) mass is 364 g/mol. The Balaban J connectivity index is 1.99. The zero-order valence-electron chi connectivity index (χ0n) is 13.6. The fourth-order valence-corrected chi connectivity index (χ4v) is 3.02. The van der Waals surface area contributed by atoms with Crippen LogP contribution < -0.4 is 0 Å². The molecule has 8 nitrogen and oxygen atoms in total. The van der Waals surface area contributed by atoms with Gasteiger partial charge < -0.3 is 4.57 Å². The number of nitriles is 1. The molecule has 0 spiro atoms. The van der Waals surface area contributed by atoms with Crippen molar-refractivity contribution in [1.82, 2.24) is 19.7 Å². The van der Waals surface area contributed by atoms with Crippen molar-refractivity contribution in [3.63, 3.8) is 0 Å². The molecule has 0 aliphatic carbocycles. The Morgan fingerprint density at radius 3 is 2.85 bits per heavy atom. The Morgan fingerprint density at radius 2 is 2.23 bits per heavy atom. The fraction of sp³-hybridized carbons (Fsp3) is 0.0588. The molecule has 0 aliphatic rings. The Labute approximate surface area is 153 Å². The number of aromatic nitrogens is 4. The van der Waals surface area contributed by atoms with E-state index in [9.17, 15) is 15.4 Å². The summed E-state index contributed by atoms with van der Waals surface area (Å²) in [6.07, 6.45) is 4.69. The molecule has 128 valence electrons. The summed E-state index contributed by atoms with van der Waals surface area (Å²) in [5.74, 6) is 0. The molecule has 0 atom stereocenters. The van der Waals surface area contributed by atoms with Crippen LogP contribution in [0.1, 0.15) is 11.3 Å². The van der Waals surface area contributed by atoms with Gasteiger partial charge in [-0.05, 0) is 41.6 Å². The molecule has 0 aliphatic heterocycles. The van der Waals surface area contributed by atoms with Crippen LogP contribution >= 0.6 is 11.8 Å². The average Bonchev–Trinajstić information content (AvgIpc) is 3.06. The van der Waals surface area contributed by atoms with Gasteiger partial charge in [-0.2, -0.15) is 5.26 Å². The minimum absolute atomic E-state index is 0.0648. The third kappa shape index (κ3) is 3.76. The summed E-state index contributed by atoms with van der Waals surface area (Å²) in [7, 11) is 1.76. The SMILES string of the molecule is Cn1cnnc1Sc1ccc(/C=C(\C#N)c2ccccn2)cc1[N+](=O)[O-]. The molecule has 1 aromatic carbocycles. The summed E-state index contributed by atoms with van der Waals surface area (Å²) < 4.78 is 1.68. The van der Waals surface area contributed by atoms with E-state index in [4.69, 9.17) is 0 Å². The van der Waals surface area contributed by atoms with Crippen molar-refractivity contribution in [2.75, 3.05) is 0 Å². The number of hydrogen-bond acceptors (Lipinski definition) is 7. The summed E-state index contributed by atoms with van der Waals surface area (Å²) in [6, 6.07) is 12.1. The van der Waals surface area contributed by atoms with Crippen LogP contribution in [0.2, 0.25) is 0 Å². The normalized spacial score (nSPS) is 11.2. The molecule has 2 heterocycles. The van der Waals surface area contributed by atoms with Crippen molar-refractivity contribution in [3.05, 3.63) is 70.3 Å². The van der Waals surface area contributed by atoms with Gasteiger partial charge in [-0.25, -0.2) is 0 Å². The lowest BCUT2D eigenvalue weighted by atomic mass is 10.1. The van der Waals surface area contributed by atoms with Gasteiger partial charge in [-0.1, -0.05) is 12.1 Å². The van der Waals surface area contributed by atoms with E-state index in [0.29, 0.717) is 26.9 Å². The van der Waals surface area contributed by atoms with Crippen molar-refractivity contribution >= 4 is 29.1 Å². The fourth-order valence-electron chi connectivity index (χ4n) is 2.17. The first kappa shape index (κ1) is 17.3. The number of pyridine rings is 1. The molecule has 0 bridgehead atoms. The molecule has 3 rings (SSSR count). The van der Waals surface area contributed by atoms with Gasteiger partial charge in [0.25, 0.3) is 5.69 Å². The van der Waals surface area contributed by atoms with Gasteiger partial charge >= 0.3 is 0 Å². The number of allylic oxidation sites excluding steroid dienone is 1. The topological polar surface area (TPSA) is 111 Å². The zero-order valence-corrected chi connectivity index (χ0v) is 14.4. The van der Waals surface area contributed by atoms with Crippen LogP contribution in [-0.4, -0.2) is 24.7 Å². The Kier molecular flexibility index (Phi) is 5.05. The predicted molar refractivity (Wildman–Crippen MR) is 95.9 cm³/mol. The van der Waals surface area contributed by atoms with Crippen LogP contribution in [0.5, 0.6) is 0 Å². The number of hydrogen-bond donors (Lipinski definition) is 0. The molecule has 0 saturated heterocycles. The van der Waals surface area contributed by atoms with Crippen LogP contribution in [0.4, 0.5) is 5.69 Å². The molecule has 0 N–H and O–H groups in total. The molecule has 3 aromatic rings. The number of benzene rings is 1. The van der Waals surface area contributed by atoms with Crippen molar-refractivity contribution in [2.45, 2.75) is 10.1 Å². The minimum Gasteiger partial charge on any atom is -0.311 e. The van der Waals surface area contributed by atoms with Gasteiger partial charge in [-0.3, -0.25) is 15.1 Å². The number of nitrogens with zero attached hydrogens (tertiary/aromatic N) is 6.